The summed E-state index contributed by atoms with van der Waals surface area (Å²) in [5.74, 6) is -20.6. The van der Waals surface area contributed by atoms with E-state index >= 15 is 0 Å². The first kappa shape index (κ1) is 22.9. The maximum absolute atomic E-state index is 12.3. The Bertz CT molecular complexity index is 534. The SMILES string of the molecule is Nc1c(F)c(F)c(F)c(F)c1F.Nc1c(F)c(F)c(F)c(F)c1F.[Li]. The van der Waals surface area contributed by atoms with Gasteiger partial charge in [0.25, 0.3) is 0 Å². The van der Waals surface area contributed by atoms with E-state index in [1.54, 1.807) is 0 Å². The molecule has 0 aliphatic rings. The molecular weight excluding hydrogens is 369 g/mol. The average molecular weight is 373 g/mol. The Kier molecular flexibility index (Phi) is 7.66. The van der Waals surface area contributed by atoms with Crippen molar-refractivity contribution in [1.29, 1.82) is 0 Å². The fourth-order valence-corrected chi connectivity index (χ4v) is 1.24. The van der Waals surface area contributed by atoms with E-state index in [9.17, 15) is 43.9 Å². The number of hydrogen-bond donors (Lipinski definition) is 2. The molecule has 4 N–H and O–H groups in total. The van der Waals surface area contributed by atoms with Crippen molar-refractivity contribution in [3.05, 3.63) is 58.2 Å². The van der Waals surface area contributed by atoms with Crippen molar-refractivity contribution >= 4 is 30.2 Å². The molecule has 25 heavy (non-hydrogen) atoms. The molecule has 0 aliphatic carbocycles. The van der Waals surface area contributed by atoms with Crippen molar-refractivity contribution in [2.24, 2.45) is 0 Å². The summed E-state index contributed by atoms with van der Waals surface area (Å²) in [4.78, 5) is 0. The molecule has 13 heteroatoms. The largest absolute Gasteiger partial charge is 0.394 e. The number of benzene rings is 2. The monoisotopic (exact) mass is 373 g/mol. The van der Waals surface area contributed by atoms with Gasteiger partial charge in [-0.1, -0.05) is 0 Å². The molecule has 0 spiro atoms. The summed E-state index contributed by atoms with van der Waals surface area (Å²) in [5, 5.41) is 0. The molecule has 133 valence electrons. The van der Waals surface area contributed by atoms with E-state index in [1.807, 2.05) is 0 Å². The van der Waals surface area contributed by atoms with Crippen LogP contribution in [0.4, 0.5) is 55.3 Å². The molecule has 0 saturated carbocycles. The summed E-state index contributed by atoms with van der Waals surface area (Å²) in [6.07, 6.45) is 0. The first-order valence-corrected chi connectivity index (χ1v) is 5.47. The molecular formula is C12H4F10LiN2. The number of hydrogen-bond acceptors (Lipinski definition) is 2. The number of halogens is 10. The van der Waals surface area contributed by atoms with Gasteiger partial charge in [0.1, 0.15) is 11.4 Å². The van der Waals surface area contributed by atoms with Gasteiger partial charge in [-0.25, -0.2) is 43.9 Å². The molecule has 0 heterocycles. The predicted molar refractivity (Wildman–Crippen MR) is 67.0 cm³/mol. The molecule has 1 radical (unpaired) electrons. The van der Waals surface area contributed by atoms with Gasteiger partial charge < -0.3 is 11.5 Å². The van der Waals surface area contributed by atoms with Crippen LogP contribution in [0.1, 0.15) is 0 Å². The van der Waals surface area contributed by atoms with Crippen LogP contribution in [0.25, 0.3) is 0 Å². The maximum atomic E-state index is 12.3. The first-order chi connectivity index (χ1) is 10.9. The van der Waals surface area contributed by atoms with E-state index in [4.69, 9.17) is 0 Å². The fraction of sp³-hybridized carbons (Fsp3) is 0. The Morgan fingerprint density at radius 2 is 0.440 bits per heavy atom. The Balaban J connectivity index is 0.000000443. The Labute approximate surface area is 144 Å². The minimum Gasteiger partial charge on any atom is -0.394 e. The van der Waals surface area contributed by atoms with Gasteiger partial charge in [0.15, 0.2) is 46.5 Å². The Hall–Kier alpha value is -2.06. The summed E-state index contributed by atoms with van der Waals surface area (Å²) in [7, 11) is 0. The average Bonchev–Trinajstić information content (AvgIpc) is 2.58. The second-order valence-corrected chi connectivity index (χ2v) is 3.97. The van der Waals surface area contributed by atoms with Crippen LogP contribution in [0.15, 0.2) is 0 Å². The zero-order chi connectivity index (χ0) is 18.9. The smallest absolute Gasteiger partial charge is 0.200 e. The topological polar surface area (TPSA) is 52.0 Å². The Morgan fingerprint density at radius 1 is 0.320 bits per heavy atom. The molecule has 0 atom stereocenters. The molecule has 2 aromatic rings. The van der Waals surface area contributed by atoms with Crippen molar-refractivity contribution < 1.29 is 43.9 Å². The van der Waals surface area contributed by atoms with Gasteiger partial charge in [-0.3, -0.25) is 0 Å². The van der Waals surface area contributed by atoms with Gasteiger partial charge in [-0.05, 0) is 0 Å². The molecule has 0 saturated heterocycles. The third kappa shape index (κ3) is 4.13. The molecule has 2 nitrogen and oxygen atoms in total. The van der Waals surface area contributed by atoms with Crippen LogP contribution in [0.5, 0.6) is 0 Å². The van der Waals surface area contributed by atoms with Crippen LogP contribution in [-0.4, -0.2) is 18.9 Å². The van der Waals surface area contributed by atoms with Crippen molar-refractivity contribution in [3.63, 3.8) is 0 Å². The summed E-state index contributed by atoms with van der Waals surface area (Å²) >= 11 is 0. The molecule has 0 bridgehead atoms. The quantitative estimate of drug-likeness (QED) is 0.244. The number of nitrogen functional groups attached to an aromatic ring is 2. The zero-order valence-corrected chi connectivity index (χ0v) is 11.9. The van der Waals surface area contributed by atoms with Gasteiger partial charge >= 0.3 is 0 Å². The second-order valence-electron chi connectivity index (χ2n) is 3.97. The summed E-state index contributed by atoms with van der Waals surface area (Å²) in [6, 6.07) is 0. The molecule has 0 amide bonds. The Morgan fingerprint density at radius 3 is 0.600 bits per heavy atom. The minimum atomic E-state index is -2.21. The molecule has 0 unspecified atom stereocenters. The van der Waals surface area contributed by atoms with Gasteiger partial charge in [-0.2, -0.15) is 0 Å². The van der Waals surface area contributed by atoms with Gasteiger partial charge in [0.2, 0.25) is 11.6 Å². The summed E-state index contributed by atoms with van der Waals surface area (Å²) in [5.41, 5.74) is 6.37. The van der Waals surface area contributed by atoms with Crippen LogP contribution in [0.2, 0.25) is 0 Å². The predicted octanol–water partition coefficient (Wildman–Crippen LogP) is 3.55. The molecule has 0 fully saturated rings. The third-order valence-corrected chi connectivity index (χ3v) is 2.49. The summed E-state index contributed by atoms with van der Waals surface area (Å²) in [6.45, 7) is 0. The van der Waals surface area contributed by atoms with Crippen LogP contribution in [0.3, 0.4) is 0 Å². The second kappa shape index (κ2) is 8.35. The fourth-order valence-electron chi connectivity index (χ4n) is 1.24. The van der Waals surface area contributed by atoms with Crippen molar-refractivity contribution in [1.82, 2.24) is 0 Å². The van der Waals surface area contributed by atoms with Crippen LogP contribution in [0, 0.1) is 58.2 Å². The van der Waals surface area contributed by atoms with Gasteiger partial charge in [0.05, 0.1) is 0 Å². The van der Waals surface area contributed by atoms with Gasteiger partial charge in [-0.15, -0.1) is 0 Å². The van der Waals surface area contributed by atoms with Crippen molar-refractivity contribution in [3.8, 4) is 0 Å². The number of anilines is 2. The van der Waals surface area contributed by atoms with Crippen molar-refractivity contribution in [2.45, 2.75) is 0 Å². The van der Waals surface area contributed by atoms with E-state index < -0.39 is 69.5 Å². The van der Waals surface area contributed by atoms with E-state index in [0.29, 0.717) is 0 Å². The number of rotatable bonds is 0. The minimum absolute atomic E-state index is 0. The molecule has 0 aliphatic heterocycles. The van der Waals surface area contributed by atoms with E-state index in [2.05, 4.69) is 11.5 Å². The normalized spacial score (nSPS) is 10.0. The third-order valence-electron chi connectivity index (χ3n) is 2.49. The maximum Gasteiger partial charge on any atom is 0.200 e. The molecule has 2 aromatic carbocycles. The summed E-state index contributed by atoms with van der Waals surface area (Å²) < 4.78 is 122. The molecule has 0 aromatic heterocycles. The van der Waals surface area contributed by atoms with Crippen LogP contribution < -0.4 is 11.5 Å². The van der Waals surface area contributed by atoms with E-state index in [-0.39, 0.29) is 18.9 Å². The van der Waals surface area contributed by atoms with Crippen molar-refractivity contribution in [2.75, 3.05) is 11.5 Å². The first-order valence-electron chi connectivity index (χ1n) is 5.47. The van der Waals surface area contributed by atoms with Gasteiger partial charge in [0, 0.05) is 18.9 Å². The molecule has 2 rings (SSSR count). The standard InChI is InChI=1S/2C6H2F5N.Li/c2*7-1-2(8)4(10)6(12)5(11)3(1)9;/h2*12H2;. The van der Waals surface area contributed by atoms with E-state index in [1.165, 1.54) is 0 Å². The van der Waals surface area contributed by atoms with E-state index in [0.717, 1.165) is 0 Å². The van der Waals surface area contributed by atoms with Crippen LogP contribution in [-0.2, 0) is 0 Å². The number of nitrogens with two attached hydrogens (primary N) is 2. The van der Waals surface area contributed by atoms with Crippen LogP contribution >= 0.6 is 0 Å². The zero-order valence-electron chi connectivity index (χ0n) is 11.9.